The Hall–Kier alpha value is -0.900. The van der Waals surface area contributed by atoms with Crippen molar-refractivity contribution in [3.8, 4) is 0 Å². The van der Waals surface area contributed by atoms with Gasteiger partial charge in [0.25, 0.3) is 0 Å². The topological polar surface area (TPSA) is 76.4 Å². The molecule has 1 aromatic heterocycles. The van der Waals surface area contributed by atoms with Gasteiger partial charge in [0.05, 0.1) is 5.60 Å². The zero-order valence-electron chi connectivity index (χ0n) is 14.6. The summed E-state index contributed by atoms with van der Waals surface area (Å²) in [6.45, 7) is 9.18. The summed E-state index contributed by atoms with van der Waals surface area (Å²) in [6.07, 6.45) is 3.43. The minimum Gasteiger partial charge on any atom is -0.377 e. The fourth-order valence-electron chi connectivity index (χ4n) is 2.35. The third kappa shape index (κ3) is 5.91. The molecule has 0 amide bonds. The molecule has 132 valence electrons. The summed E-state index contributed by atoms with van der Waals surface area (Å²) < 4.78 is 7.62. The van der Waals surface area contributed by atoms with Gasteiger partial charge in [0.1, 0.15) is 12.4 Å². The van der Waals surface area contributed by atoms with Crippen molar-refractivity contribution >= 4 is 29.9 Å². The molecule has 7 nitrogen and oxygen atoms in total. The van der Waals surface area contributed by atoms with Crippen LogP contribution in [0.4, 0.5) is 0 Å². The molecule has 0 aliphatic carbocycles. The molecule has 0 radical (unpaired) electrons. The van der Waals surface area contributed by atoms with E-state index in [-0.39, 0.29) is 29.6 Å². The molecule has 0 saturated heterocycles. The van der Waals surface area contributed by atoms with Crippen LogP contribution in [0.1, 0.15) is 45.3 Å². The first-order chi connectivity index (χ1) is 10.6. The number of nitrogens with one attached hydrogen (secondary N) is 2. The van der Waals surface area contributed by atoms with Gasteiger partial charge in [-0.2, -0.15) is 0 Å². The third-order valence-electron chi connectivity index (χ3n) is 3.89. The summed E-state index contributed by atoms with van der Waals surface area (Å²) in [6, 6.07) is 0. The molecular formula is C15H29IN6O. The average molecular weight is 436 g/mol. The molecule has 0 bridgehead atoms. The van der Waals surface area contributed by atoms with Crippen LogP contribution in [0.15, 0.2) is 4.99 Å². The Morgan fingerprint density at radius 2 is 2.09 bits per heavy atom. The minimum atomic E-state index is -0.232. The number of nitrogens with zero attached hydrogens (tertiary/aromatic N) is 4. The zero-order valence-corrected chi connectivity index (χ0v) is 16.9. The summed E-state index contributed by atoms with van der Waals surface area (Å²) >= 11 is 0. The van der Waals surface area contributed by atoms with E-state index in [9.17, 15) is 0 Å². The normalized spacial score (nSPS) is 14.9. The van der Waals surface area contributed by atoms with E-state index in [2.05, 4.69) is 37.3 Å². The smallest absolute Gasteiger partial charge is 0.191 e. The van der Waals surface area contributed by atoms with Gasteiger partial charge < -0.3 is 19.9 Å². The predicted octanol–water partition coefficient (Wildman–Crippen LogP) is 1.71. The van der Waals surface area contributed by atoms with Crippen LogP contribution >= 0.6 is 24.0 Å². The lowest BCUT2D eigenvalue weighted by Gasteiger charge is -2.24. The highest BCUT2D eigenvalue weighted by molar-refractivity contribution is 14.0. The van der Waals surface area contributed by atoms with E-state index in [1.54, 1.807) is 7.11 Å². The molecule has 0 spiro atoms. The molecule has 0 atom stereocenters. The van der Waals surface area contributed by atoms with Gasteiger partial charge in [-0.3, -0.25) is 0 Å². The van der Waals surface area contributed by atoms with E-state index in [0.717, 1.165) is 37.1 Å². The molecule has 2 rings (SSSR count). The largest absolute Gasteiger partial charge is 0.377 e. The minimum absolute atomic E-state index is 0. The van der Waals surface area contributed by atoms with Crippen LogP contribution in [0, 0.1) is 0 Å². The van der Waals surface area contributed by atoms with Crippen molar-refractivity contribution in [3.05, 3.63) is 11.6 Å². The van der Waals surface area contributed by atoms with Gasteiger partial charge >= 0.3 is 0 Å². The number of rotatable bonds is 6. The highest BCUT2D eigenvalue weighted by atomic mass is 127. The highest BCUT2D eigenvalue weighted by Crippen LogP contribution is 2.14. The molecule has 0 fully saturated rings. The van der Waals surface area contributed by atoms with Gasteiger partial charge in [0, 0.05) is 33.2 Å². The van der Waals surface area contributed by atoms with Crippen LogP contribution in [-0.4, -0.2) is 46.5 Å². The van der Waals surface area contributed by atoms with Crippen molar-refractivity contribution in [1.82, 2.24) is 25.4 Å². The number of halogens is 1. The van der Waals surface area contributed by atoms with Crippen molar-refractivity contribution in [2.45, 2.75) is 58.7 Å². The molecule has 1 aromatic rings. The Morgan fingerprint density at radius 3 is 2.78 bits per heavy atom. The molecule has 2 heterocycles. The molecule has 2 N–H and O–H groups in total. The first-order valence-electron chi connectivity index (χ1n) is 8.04. The Morgan fingerprint density at radius 1 is 1.30 bits per heavy atom. The van der Waals surface area contributed by atoms with Crippen LogP contribution in [0.3, 0.4) is 0 Å². The molecule has 0 aromatic carbocycles. The molecule has 0 unspecified atom stereocenters. The van der Waals surface area contributed by atoms with E-state index in [4.69, 9.17) is 4.74 Å². The number of hydrogen-bond acceptors (Lipinski definition) is 4. The first-order valence-corrected chi connectivity index (χ1v) is 8.04. The van der Waals surface area contributed by atoms with Crippen LogP contribution in [0.2, 0.25) is 0 Å². The number of aromatic nitrogens is 3. The Labute approximate surface area is 155 Å². The van der Waals surface area contributed by atoms with Crippen LogP contribution < -0.4 is 10.6 Å². The maximum absolute atomic E-state index is 5.42. The second kappa shape index (κ2) is 9.41. The SMILES string of the molecule is CCNC(=NCc1nnc2n1CCCC2)NCC(C)(C)OC.I. The van der Waals surface area contributed by atoms with E-state index in [1.165, 1.54) is 12.8 Å². The number of ether oxygens (including phenoxy) is 1. The number of fused-ring (bicyclic) bond motifs is 1. The fourth-order valence-corrected chi connectivity index (χ4v) is 2.35. The average Bonchev–Trinajstić information content (AvgIpc) is 2.93. The standard InChI is InChI=1S/C15H28N6O.HI/c1-5-16-14(18-11-15(2,3)22-4)17-10-13-20-19-12-8-6-7-9-21(12)13;/h5-11H2,1-4H3,(H2,16,17,18);1H. The van der Waals surface area contributed by atoms with E-state index < -0.39 is 0 Å². The van der Waals surface area contributed by atoms with Gasteiger partial charge in [-0.1, -0.05) is 0 Å². The summed E-state index contributed by atoms with van der Waals surface area (Å²) in [7, 11) is 1.72. The highest BCUT2D eigenvalue weighted by Gasteiger charge is 2.17. The Bertz CT molecular complexity index is 514. The fraction of sp³-hybridized carbons (Fsp3) is 0.800. The van der Waals surface area contributed by atoms with Gasteiger partial charge in [-0.25, -0.2) is 4.99 Å². The van der Waals surface area contributed by atoms with Gasteiger partial charge in [-0.05, 0) is 33.6 Å². The Balaban J connectivity index is 0.00000264. The van der Waals surface area contributed by atoms with E-state index >= 15 is 0 Å². The number of guanidine groups is 1. The molecule has 23 heavy (non-hydrogen) atoms. The van der Waals surface area contributed by atoms with Crippen molar-refractivity contribution in [1.29, 1.82) is 0 Å². The van der Waals surface area contributed by atoms with Gasteiger partial charge in [0.15, 0.2) is 11.8 Å². The number of hydrogen-bond donors (Lipinski definition) is 2. The third-order valence-corrected chi connectivity index (χ3v) is 3.89. The van der Waals surface area contributed by atoms with Crippen LogP contribution in [-0.2, 0) is 24.2 Å². The van der Waals surface area contributed by atoms with Crippen molar-refractivity contribution in [2.75, 3.05) is 20.2 Å². The lowest BCUT2D eigenvalue weighted by molar-refractivity contribution is 0.0268. The van der Waals surface area contributed by atoms with Crippen LogP contribution in [0.25, 0.3) is 0 Å². The van der Waals surface area contributed by atoms with Gasteiger partial charge in [-0.15, -0.1) is 34.2 Å². The maximum atomic E-state index is 5.42. The molecule has 0 saturated carbocycles. The number of aryl methyl sites for hydroxylation is 1. The summed E-state index contributed by atoms with van der Waals surface area (Å²) in [4.78, 5) is 4.62. The monoisotopic (exact) mass is 436 g/mol. The predicted molar refractivity (Wildman–Crippen MR) is 102 cm³/mol. The molecular weight excluding hydrogens is 407 g/mol. The zero-order chi connectivity index (χ0) is 16.0. The van der Waals surface area contributed by atoms with Crippen molar-refractivity contribution in [2.24, 2.45) is 4.99 Å². The second-order valence-corrected chi connectivity index (χ2v) is 6.15. The maximum Gasteiger partial charge on any atom is 0.191 e. The molecule has 8 heteroatoms. The summed E-state index contributed by atoms with van der Waals surface area (Å²) in [5.41, 5.74) is -0.232. The molecule has 1 aliphatic heterocycles. The lowest BCUT2D eigenvalue weighted by atomic mass is 10.1. The van der Waals surface area contributed by atoms with Crippen molar-refractivity contribution < 1.29 is 4.74 Å². The summed E-state index contributed by atoms with van der Waals surface area (Å²) in [5, 5.41) is 15.1. The second-order valence-electron chi connectivity index (χ2n) is 6.15. The quantitative estimate of drug-likeness (QED) is 0.404. The van der Waals surface area contributed by atoms with Gasteiger partial charge in [0.2, 0.25) is 0 Å². The summed E-state index contributed by atoms with van der Waals surface area (Å²) in [5.74, 6) is 2.81. The van der Waals surface area contributed by atoms with E-state index in [0.29, 0.717) is 13.1 Å². The number of aliphatic imine (C=N–C) groups is 1. The lowest BCUT2D eigenvalue weighted by Crippen LogP contribution is -2.45. The van der Waals surface area contributed by atoms with Crippen molar-refractivity contribution in [3.63, 3.8) is 0 Å². The van der Waals surface area contributed by atoms with Crippen LogP contribution in [0.5, 0.6) is 0 Å². The van der Waals surface area contributed by atoms with E-state index in [1.807, 2.05) is 13.8 Å². The molecule has 1 aliphatic rings. The number of methoxy groups -OCH3 is 1. The first kappa shape index (κ1) is 20.1. The Kier molecular flexibility index (Phi) is 8.24.